The minimum absolute atomic E-state index is 0.0152. The molecule has 0 amide bonds. The zero-order chi connectivity index (χ0) is 17.5. The van der Waals surface area contributed by atoms with Crippen LogP contribution in [0.15, 0.2) is 48.5 Å². The van der Waals surface area contributed by atoms with Crippen LogP contribution in [0.25, 0.3) is 5.70 Å². The van der Waals surface area contributed by atoms with E-state index in [1.165, 1.54) is 24.3 Å². The number of hydroxylamine groups is 1. The van der Waals surface area contributed by atoms with Crippen LogP contribution in [0.2, 0.25) is 0 Å². The summed E-state index contributed by atoms with van der Waals surface area (Å²) in [7, 11) is 0. The number of aromatic carboxylic acids is 1. The van der Waals surface area contributed by atoms with Crippen molar-refractivity contribution in [3.05, 3.63) is 70.8 Å². The standard InChI is InChI=1S/C17H12F3NO3/c18-17(19,20)13-6-3-10(4-7-13)14-8-5-11-1-2-12(16(22)23)9-15(11)21(14)24/h1-4,6-9,24H,5H2,(H,22,23). The average Bonchev–Trinajstić information content (AvgIpc) is 2.54. The number of rotatable bonds is 2. The maximum absolute atomic E-state index is 12.6. The highest BCUT2D eigenvalue weighted by atomic mass is 19.4. The van der Waals surface area contributed by atoms with Crippen molar-refractivity contribution in [1.29, 1.82) is 0 Å². The molecule has 4 nitrogen and oxygen atoms in total. The van der Waals surface area contributed by atoms with Gasteiger partial charge in [-0.15, -0.1) is 0 Å². The minimum atomic E-state index is -4.43. The molecule has 0 spiro atoms. The molecule has 0 radical (unpaired) electrons. The maximum Gasteiger partial charge on any atom is 0.416 e. The van der Waals surface area contributed by atoms with E-state index in [-0.39, 0.29) is 5.56 Å². The van der Waals surface area contributed by atoms with Gasteiger partial charge >= 0.3 is 12.1 Å². The predicted octanol–water partition coefficient (Wildman–Crippen LogP) is 4.20. The van der Waals surface area contributed by atoms with Gasteiger partial charge in [-0.2, -0.15) is 13.2 Å². The number of halogens is 3. The summed E-state index contributed by atoms with van der Waals surface area (Å²) in [4.78, 5) is 11.1. The normalized spacial score (nSPS) is 14.2. The molecule has 0 saturated heterocycles. The minimum Gasteiger partial charge on any atom is -0.478 e. The van der Waals surface area contributed by atoms with E-state index in [0.29, 0.717) is 23.4 Å². The summed E-state index contributed by atoms with van der Waals surface area (Å²) in [6, 6.07) is 8.77. The topological polar surface area (TPSA) is 60.8 Å². The number of hydrogen-bond donors (Lipinski definition) is 2. The van der Waals surface area contributed by atoms with Crippen LogP contribution in [0.1, 0.15) is 27.0 Å². The summed E-state index contributed by atoms with van der Waals surface area (Å²) in [5.41, 5.74) is 0.961. The quantitative estimate of drug-likeness (QED) is 0.864. The lowest BCUT2D eigenvalue weighted by Gasteiger charge is -2.27. The number of hydrogen-bond acceptors (Lipinski definition) is 3. The Kier molecular flexibility index (Phi) is 3.81. The molecule has 0 bridgehead atoms. The molecule has 1 heterocycles. The molecule has 1 aliphatic heterocycles. The summed E-state index contributed by atoms with van der Waals surface area (Å²) < 4.78 is 37.9. The summed E-state index contributed by atoms with van der Waals surface area (Å²) in [5.74, 6) is -1.13. The summed E-state index contributed by atoms with van der Waals surface area (Å²) in [6.45, 7) is 0. The highest BCUT2D eigenvalue weighted by Gasteiger charge is 2.30. The molecule has 0 aromatic heterocycles. The average molecular weight is 335 g/mol. The van der Waals surface area contributed by atoms with Crippen molar-refractivity contribution in [1.82, 2.24) is 0 Å². The van der Waals surface area contributed by atoms with Gasteiger partial charge in [0.05, 0.1) is 22.5 Å². The van der Waals surface area contributed by atoms with Crippen molar-refractivity contribution in [3.8, 4) is 0 Å². The highest BCUT2D eigenvalue weighted by molar-refractivity contribution is 5.91. The third kappa shape index (κ3) is 2.85. The first-order valence-corrected chi connectivity index (χ1v) is 7.00. The Bertz CT molecular complexity index is 826. The first-order chi connectivity index (χ1) is 11.3. The van der Waals surface area contributed by atoms with Crippen molar-refractivity contribution in [2.75, 3.05) is 5.06 Å². The van der Waals surface area contributed by atoms with Crippen LogP contribution in [0.4, 0.5) is 18.9 Å². The maximum atomic E-state index is 12.6. The third-order valence-corrected chi connectivity index (χ3v) is 3.81. The Morgan fingerprint density at radius 3 is 2.33 bits per heavy atom. The summed E-state index contributed by atoms with van der Waals surface area (Å²) in [5, 5.41) is 20.2. The fourth-order valence-corrected chi connectivity index (χ4v) is 2.56. The lowest BCUT2D eigenvalue weighted by atomic mass is 9.98. The van der Waals surface area contributed by atoms with E-state index in [2.05, 4.69) is 0 Å². The monoisotopic (exact) mass is 335 g/mol. The zero-order valence-electron chi connectivity index (χ0n) is 12.2. The molecule has 0 atom stereocenters. The number of fused-ring (bicyclic) bond motifs is 1. The van der Waals surface area contributed by atoms with Gasteiger partial charge in [0.15, 0.2) is 0 Å². The van der Waals surface area contributed by atoms with E-state index in [4.69, 9.17) is 5.11 Å². The number of benzene rings is 2. The zero-order valence-corrected chi connectivity index (χ0v) is 12.2. The number of carbonyl (C=O) groups is 1. The fourth-order valence-electron chi connectivity index (χ4n) is 2.56. The van der Waals surface area contributed by atoms with Crippen LogP contribution in [-0.4, -0.2) is 16.3 Å². The second-order valence-electron chi connectivity index (χ2n) is 5.33. The first-order valence-electron chi connectivity index (χ1n) is 7.00. The van der Waals surface area contributed by atoms with Crippen LogP contribution in [-0.2, 0) is 12.6 Å². The number of carboxylic acids is 1. The molecule has 1 aliphatic rings. The van der Waals surface area contributed by atoms with Gasteiger partial charge in [-0.25, -0.2) is 9.86 Å². The van der Waals surface area contributed by atoms with Gasteiger partial charge in [0.1, 0.15) is 0 Å². The second-order valence-corrected chi connectivity index (χ2v) is 5.33. The predicted molar refractivity (Wildman–Crippen MR) is 80.8 cm³/mol. The van der Waals surface area contributed by atoms with Gasteiger partial charge in [0.25, 0.3) is 0 Å². The molecular formula is C17H12F3NO3. The van der Waals surface area contributed by atoms with Crippen molar-refractivity contribution >= 4 is 17.4 Å². The van der Waals surface area contributed by atoms with E-state index in [0.717, 1.165) is 22.8 Å². The van der Waals surface area contributed by atoms with Gasteiger partial charge in [0.2, 0.25) is 0 Å². The second kappa shape index (κ2) is 5.68. The Balaban J connectivity index is 1.95. The third-order valence-electron chi connectivity index (χ3n) is 3.81. The molecule has 124 valence electrons. The summed E-state index contributed by atoms with van der Waals surface area (Å²) >= 11 is 0. The van der Waals surface area contributed by atoms with Crippen molar-refractivity contribution in [2.45, 2.75) is 12.6 Å². The van der Waals surface area contributed by atoms with Gasteiger partial charge < -0.3 is 5.11 Å². The van der Waals surface area contributed by atoms with Crippen LogP contribution >= 0.6 is 0 Å². The number of anilines is 1. The molecule has 2 aromatic rings. The van der Waals surface area contributed by atoms with E-state index in [1.54, 1.807) is 12.1 Å². The van der Waals surface area contributed by atoms with Gasteiger partial charge in [0, 0.05) is 5.56 Å². The number of carboxylic acid groups (broad SMARTS) is 1. The van der Waals surface area contributed by atoms with E-state index in [1.807, 2.05) is 0 Å². The lowest BCUT2D eigenvalue weighted by Crippen LogP contribution is -2.22. The Morgan fingerprint density at radius 2 is 1.75 bits per heavy atom. The van der Waals surface area contributed by atoms with Crippen molar-refractivity contribution in [2.24, 2.45) is 0 Å². The smallest absolute Gasteiger partial charge is 0.416 e. The van der Waals surface area contributed by atoms with Crippen LogP contribution < -0.4 is 5.06 Å². The number of alkyl halides is 3. The van der Waals surface area contributed by atoms with E-state index in [9.17, 15) is 23.2 Å². The first kappa shape index (κ1) is 16.1. The van der Waals surface area contributed by atoms with Crippen LogP contribution in [0, 0.1) is 0 Å². The molecule has 0 aliphatic carbocycles. The molecule has 3 rings (SSSR count). The Labute approximate surface area is 135 Å². The van der Waals surface area contributed by atoms with Crippen LogP contribution in [0.5, 0.6) is 0 Å². The molecule has 0 saturated carbocycles. The molecule has 24 heavy (non-hydrogen) atoms. The molecule has 0 fully saturated rings. The van der Waals surface area contributed by atoms with E-state index < -0.39 is 17.7 Å². The summed E-state index contributed by atoms with van der Waals surface area (Å²) in [6.07, 6.45) is -2.32. The number of nitrogens with zero attached hydrogens (tertiary/aromatic N) is 1. The van der Waals surface area contributed by atoms with Crippen molar-refractivity contribution < 1.29 is 28.3 Å². The van der Waals surface area contributed by atoms with Crippen LogP contribution in [0.3, 0.4) is 0 Å². The Hall–Kier alpha value is -2.80. The van der Waals surface area contributed by atoms with Gasteiger partial charge in [-0.3, -0.25) is 5.21 Å². The fraction of sp³-hybridized carbons (Fsp3) is 0.118. The lowest BCUT2D eigenvalue weighted by molar-refractivity contribution is -0.137. The number of allylic oxidation sites excluding steroid dienone is 1. The molecule has 7 heteroatoms. The van der Waals surface area contributed by atoms with Gasteiger partial charge in [-0.05, 0) is 36.2 Å². The SMILES string of the molecule is O=C(O)c1ccc2c(c1)N(O)C(c1ccc(C(F)(F)F)cc1)=CC2. The largest absolute Gasteiger partial charge is 0.478 e. The highest BCUT2D eigenvalue weighted by Crippen LogP contribution is 2.35. The van der Waals surface area contributed by atoms with Gasteiger partial charge in [-0.1, -0.05) is 24.3 Å². The molecule has 0 unspecified atom stereocenters. The molecule has 2 N–H and O–H groups in total. The molecule has 2 aromatic carbocycles. The van der Waals surface area contributed by atoms with Crippen molar-refractivity contribution in [3.63, 3.8) is 0 Å². The van der Waals surface area contributed by atoms with E-state index >= 15 is 0 Å². The Morgan fingerprint density at radius 1 is 1.08 bits per heavy atom. The molecular weight excluding hydrogens is 323 g/mol.